The van der Waals surface area contributed by atoms with E-state index in [0.717, 1.165) is 11.3 Å². The van der Waals surface area contributed by atoms with E-state index in [9.17, 15) is 9.90 Å². The molecule has 31 heavy (non-hydrogen) atoms. The number of aromatic nitrogens is 1. The Kier molecular flexibility index (Phi) is 6.42. The zero-order chi connectivity index (χ0) is 21.8. The van der Waals surface area contributed by atoms with Crippen LogP contribution in [0.5, 0.6) is 11.5 Å². The van der Waals surface area contributed by atoms with E-state index in [1.165, 1.54) is 11.3 Å². The van der Waals surface area contributed by atoms with Gasteiger partial charge in [-0.25, -0.2) is 4.98 Å². The molecule has 2 N–H and O–H groups in total. The molecule has 0 unspecified atom stereocenters. The van der Waals surface area contributed by atoms with Gasteiger partial charge in [-0.3, -0.25) is 4.79 Å². The fourth-order valence-corrected chi connectivity index (χ4v) is 4.18. The number of thiazole rings is 1. The molecule has 0 atom stereocenters. The van der Waals surface area contributed by atoms with Gasteiger partial charge in [0, 0.05) is 16.1 Å². The third-order valence-electron chi connectivity index (χ3n) is 4.29. The third-order valence-corrected chi connectivity index (χ3v) is 6.00. The van der Waals surface area contributed by atoms with Crippen molar-refractivity contribution in [3.8, 4) is 22.8 Å². The van der Waals surface area contributed by atoms with Crippen LogP contribution in [0, 0.1) is 0 Å². The Bertz CT molecular complexity index is 1210. The Balaban J connectivity index is 1.60. The van der Waals surface area contributed by atoms with Crippen molar-refractivity contribution in [2.75, 3.05) is 5.32 Å². The summed E-state index contributed by atoms with van der Waals surface area (Å²) in [5.74, 6) is 0.498. The SMILES string of the molecule is O=C(O)Cc1sc(Nc2ccc(Cl)c(Cl)c2)nc1-c1ccc(Oc2ccccc2)cc1. The lowest BCUT2D eigenvalue weighted by molar-refractivity contribution is -0.136. The first-order valence-electron chi connectivity index (χ1n) is 9.25. The maximum atomic E-state index is 11.4. The number of halogens is 2. The number of hydrogen-bond acceptors (Lipinski definition) is 5. The molecule has 0 aliphatic heterocycles. The first-order valence-corrected chi connectivity index (χ1v) is 10.8. The number of carboxylic acids is 1. The van der Waals surface area contributed by atoms with Crippen LogP contribution in [0.25, 0.3) is 11.3 Å². The molecule has 0 bridgehead atoms. The summed E-state index contributed by atoms with van der Waals surface area (Å²) in [6, 6.07) is 22.0. The van der Waals surface area contributed by atoms with E-state index >= 15 is 0 Å². The number of para-hydroxylation sites is 1. The van der Waals surface area contributed by atoms with Crippen molar-refractivity contribution in [2.24, 2.45) is 0 Å². The van der Waals surface area contributed by atoms with Crippen molar-refractivity contribution >= 4 is 51.3 Å². The van der Waals surface area contributed by atoms with Crippen LogP contribution in [0.15, 0.2) is 72.8 Å². The largest absolute Gasteiger partial charge is 0.481 e. The average Bonchev–Trinajstić information content (AvgIpc) is 3.13. The van der Waals surface area contributed by atoms with Gasteiger partial charge in [0.25, 0.3) is 0 Å². The Morgan fingerprint density at radius 1 is 0.968 bits per heavy atom. The van der Waals surface area contributed by atoms with Gasteiger partial charge >= 0.3 is 5.97 Å². The van der Waals surface area contributed by atoms with Crippen LogP contribution >= 0.6 is 34.5 Å². The highest BCUT2D eigenvalue weighted by Crippen LogP contribution is 2.35. The number of benzene rings is 3. The van der Waals surface area contributed by atoms with Crippen LogP contribution in [0.2, 0.25) is 10.0 Å². The highest BCUT2D eigenvalue weighted by atomic mass is 35.5. The molecule has 1 heterocycles. The molecule has 0 saturated heterocycles. The number of anilines is 2. The molecule has 0 amide bonds. The average molecular weight is 471 g/mol. The Hall–Kier alpha value is -3.06. The predicted molar refractivity (Wildman–Crippen MR) is 125 cm³/mol. The minimum absolute atomic E-state index is 0.127. The molecule has 156 valence electrons. The second-order valence-electron chi connectivity index (χ2n) is 6.55. The van der Waals surface area contributed by atoms with Crippen molar-refractivity contribution in [1.29, 1.82) is 0 Å². The maximum absolute atomic E-state index is 11.4. The topological polar surface area (TPSA) is 71.5 Å². The van der Waals surface area contributed by atoms with E-state index in [1.807, 2.05) is 54.6 Å². The van der Waals surface area contributed by atoms with Gasteiger partial charge in [0.05, 0.1) is 22.2 Å². The van der Waals surface area contributed by atoms with Gasteiger partial charge in [-0.15, -0.1) is 11.3 Å². The van der Waals surface area contributed by atoms with Crippen molar-refractivity contribution in [2.45, 2.75) is 6.42 Å². The molecule has 5 nitrogen and oxygen atoms in total. The molecule has 0 spiro atoms. The van der Waals surface area contributed by atoms with E-state index < -0.39 is 5.97 Å². The van der Waals surface area contributed by atoms with Crippen LogP contribution in [0.1, 0.15) is 4.88 Å². The second kappa shape index (κ2) is 9.39. The number of nitrogens with zero attached hydrogens (tertiary/aromatic N) is 1. The van der Waals surface area contributed by atoms with Gasteiger partial charge in [0.1, 0.15) is 11.5 Å². The van der Waals surface area contributed by atoms with E-state index in [1.54, 1.807) is 18.2 Å². The molecule has 4 aromatic rings. The van der Waals surface area contributed by atoms with Gasteiger partial charge in [0.15, 0.2) is 5.13 Å². The second-order valence-corrected chi connectivity index (χ2v) is 8.45. The molecule has 0 aliphatic rings. The highest BCUT2D eigenvalue weighted by Gasteiger charge is 2.16. The standard InChI is InChI=1S/C23H16Cl2N2O3S/c24-18-11-8-15(12-19(18)25)26-23-27-22(20(31-23)13-21(28)29)14-6-9-17(10-7-14)30-16-4-2-1-3-5-16/h1-12H,13H2,(H,26,27)(H,28,29). The summed E-state index contributed by atoms with van der Waals surface area (Å²) in [4.78, 5) is 16.6. The molecule has 0 saturated carbocycles. The van der Waals surface area contributed by atoms with Crippen molar-refractivity contribution in [1.82, 2.24) is 4.98 Å². The van der Waals surface area contributed by atoms with Gasteiger partial charge in [-0.05, 0) is 54.6 Å². The van der Waals surface area contributed by atoms with Crippen molar-refractivity contribution in [3.63, 3.8) is 0 Å². The lowest BCUT2D eigenvalue weighted by atomic mass is 10.1. The van der Waals surface area contributed by atoms with E-state index in [-0.39, 0.29) is 6.42 Å². The van der Waals surface area contributed by atoms with Crippen molar-refractivity contribution in [3.05, 3.63) is 87.7 Å². The number of aliphatic carboxylic acids is 1. The Morgan fingerprint density at radius 3 is 2.35 bits per heavy atom. The lowest BCUT2D eigenvalue weighted by Crippen LogP contribution is -1.99. The monoisotopic (exact) mass is 470 g/mol. The third kappa shape index (κ3) is 5.35. The number of rotatable bonds is 7. The minimum atomic E-state index is -0.921. The maximum Gasteiger partial charge on any atom is 0.308 e. The molecule has 3 aromatic carbocycles. The van der Waals surface area contributed by atoms with Crippen LogP contribution < -0.4 is 10.1 Å². The zero-order valence-corrected chi connectivity index (χ0v) is 18.3. The first kappa shape index (κ1) is 21.2. The molecular formula is C23H16Cl2N2O3S. The Morgan fingerprint density at radius 2 is 1.68 bits per heavy atom. The van der Waals surface area contributed by atoms with Gasteiger partial charge in [-0.2, -0.15) is 0 Å². The Labute approximate surface area is 192 Å². The molecule has 0 aliphatic carbocycles. The lowest BCUT2D eigenvalue weighted by Gasteiger charge is -2.06. The van der Waals surface area contributed by atoms with E-state index in [2.05, 4.69) is 10.3 Å². The molecular weight excluding hydrogens is 455 g/mol. The number of carboxylic acid groups (broad SMARTS) is 1. The molecule has 0 fully saturated rings. The summed E-state index contributed by atoms with van der Waals surface area (Å²) in [6.07, 6.45) is -0.127. The summed E-state index contributed by atoms with van der Waals surface area (Å²) in [5.41, 5.74) is 2.12. The molecule has 4 rings (SSSR count). The molecule has 0 radical (unpaired) electrons. The van der Waals surface area contributed by atoms with Crippen LogP contribution in [-0.2, 0) is 11.2 Å². The fourth-order valence-electron chi connectivity index (χ4n) is 2.89. The number of nitrogens with one attached hydrogen (secondary N) is 1. The summed E-state index contributed by atoms with van der Waals surface area (Å²) < 4.78 is 5.82. The van der Waals surface area contributed by atoms with Crippen LogP contribution in [0.4, 0.5) is 10.8 Å². The summed E-state index contributed by atoms with van der Waals surface area (Å²) in [6.45, 7) is 0. The summed E-state index contributed by atoms with van der Waals surface area (Å²) in [7, 11) is 0. The van der Waals surface area contributed by atoms with Gasteiger partial charge in [-0.1, -0.05) is 41.4 Å². The first-order chi connectivity index (χ1) is 15.0. The predicted octanol–water partition coefficient (Wildman–Crippen LogP) is 7.28. The molecule has 8 heteroatoms. The summed E-state index contributed by atoms with van der Waals surface area (Å²) in [5, 5.41) is 13.9. The zero-order valence-electron chi connectivity index (χ0n) is 16.0. The van der Waals surface area contributed by atoms with Crippen LogP contribution in [0.3, 0.4) is 0 Å². The number of hydrogen-bond donors (Lipinski definition) is 2. The summed E-state index contributed by atoms with van der Waals surface area (Å²) >= 11 is 13.3. The smallest absolute Gasteiger partial charge is 0.308 e. The quantitative estimate of drug-likeness (QED) is 0.296. The normalized spacial score (nSPS) is 10.6. The highest BCUT2D eigenvalue weighted by molar-refractivity contribution is 7.16. The van der Waals surface area contributed by atoms with Gasteiger partial charge in [0.2, 0.25) is 0 Å². The molecule has 1 aromatic heterocycles. The van der Waals surface area contributed by atoms with Crippen molar-refractivity contribution < 1.29 is 14.6 Å². The minimum Gasteiger partial charge on any atom is -0.481 e. The van der Waals surface area contributed by atoms with E-state index in [4.69, 9.17) is 27.9 Å². The van der Waals surface area contributed by atoms with Gasteiger partial charge < -0.3 is 15.2 Å². The van der Waals surface area contributed by atoms with Crippen LogP contribution in [-0.4, -0.2) is 16.1 Å². The van der Waals surface area contributed by atoms with E-state index in [0.29, 0.717) is 37.2 Å². The number of ether oxygens (including phenoxy) is 1. The fraction of sp³-hybridized carbons (Fsp3) is 0.0435. The number of carbonyl (C=O) groups is 1.